The Morgan fingerprint density at radius 1 is 1.36 bits per heavy atom. The van der Waals surface area contributed by atoms with Crippen molar-refractivity contribution in [3.63, 3.8) is 0 Å². The molecular formula is C10H5ClF4N2O4S. The smallest absolute Gasteiger partial charge is 0.375 e. The monoisotopic (exact) mass is 360 g/mol. The van der Waals surface area contributed by atoms with Crippen LogP contribution in [0.4, 0.5) is 17.6 Å². The molecule has 0 spiro atoms. The molecule has 12 heteroatoms. The number of nitrogens with zero attached hydrogens (tertiary/aromatic N) is 2. The van der Waals surface area contributed by atoms with E-state index < -0.39 is 48.8 Å². The molecule has 0 atom stereocenters. The summed E-state index contributed by atoms with van der Waals surface area (Å²) in [5.41, 5.74) is -7.25. The van der Waals surface area contributed by atoms with Gasteiger partial charge in [-0.3, -0.25) is 4.79 Å². The minimum Gasteiger partial charge on any atom is -0.375 e. The van der Waals surface area contributed by atoms with E-state index in [1.165, 1.54) is 0 Å². The molecule has 0 amide bonds. The summed E-state index contributed by atoms with van der Waals surface area (Å²) in [5.74, 6) is -2.20. The molecule has 0 N–H and O–H groups in total. The molecule has 0 bridgehead atoms. The number of aromatic nitrogens is 2. The van der Waals surface area contributed by atoms with Crippen molar-refractivity contribution >= 4 is 32.6 Å². The van der Waals surface area contributed by atoms with Gasteiger partial charge in [0.1, 0.15) is 0 Å². The minimum absolute atomic E-state index is 0.461. The molecule has 2 heterocycles. The summed E-state index contributed by atoms with van der Waals surface area (Å²) in [4.78, 5) is 15.0. The Kier molecular flexibility index (Phi) is 3.81. The summed E-state index contributed by atoms with van der Waals surface area (Å²) in [6.07, 6.45) is 0.793. The van der Waals surface area contributed by atoms with Crippen molar-refractivity contribution in [2.45, 2.75) is 5.51 Å². The Hall–Kier alpha value is -1.88. The molecule has 0 aliphatic rings. The van der Waals surface area contributed by atoms with E-state index in [-0.39, 0.29) is 0 Å². The molecule has 2 aromatic heterocycles. The van der Waals surface area contributed by atoms with Crippen molar-refractivity contribution in [3.05, 3.63) is 33.6 Å². The van der Waals surface area contributed by atoms with Gasteiger partial charge in [0.15, 0.2) is 16.7 Å². The topological polar surface area (TPSA) is 78.3 Å². The maximum atomic E-state index is 13.9. The van der Waals surface area contributed by atoms with Gasteiger partial charge in [0, 0.05) is 19.3 Å². The van der Waals surface area contributed by atoms with Gasteiger partial charge in [0.05, 0.1) is 10.9 Å². The third-order valence-corrected chi connectivity index (χ3v) is 3.85. The molecule has 2 aromatic rings. The summed E-state index contributed by atoms with van der Waals surface area (Å²) in [7, 11) is -4.91. The molecule has 120 valence electrons. The van der Waals surface area contributed by atoms with Crippen molar-refractivity contribution < 1.29 is 30.2 Å². The van der Waals surface area contributed by atoms with Crippen LogP contribution in [0.3, 0.4) is 0 Å². The third kappa shape index (κ3) is 2.61. The number of aryl methyl sites for hydroxylation is 1. The van der Waals surface area contributed by atoms with Crippen LogP contribution in [0.2, 0.25) is 5.15 Å². The zero-order chi connectivity index (χ0) is 16.9. The molecule has 2 rings (SSSR count). The number of hydrogen-bond acceptors (Lipinski definition) is 5. The fourth-order valence-electron chi connectivity index (χ4n) is 1.59. The van der Waals surface area contributed by atoms with Crippen LogP contribution in [0.1, 0.15) is 0 Å². The number of hydrogen-bond donors (Lipinski definition) is 0. The molecule has 0 unspecified atom stereocenters. The first kappa shape index (κ1) is 16.5. The van der Waals surface area contributed by atoms with Crippen molar-refractivity contribution in [1.82, 2.24) is 9.55 Å². The second kappa shape index (κ2) is 5.09. The van der Waals surface area contributed by atoms with E-state index in [1.807, 2.05) is 0 Å². The number of alkyl halides is 3. The van der Waals surface area contributed by atoms with Crippen molar-refractivity contribution in [2.75, 3.05) is 0 Å². The number of fused-ring (bicyclic) bond motifs is 1. The van der Waals surface area contributed by atoms with Crippen molar-refractivity contribution in [1.29, 1.82) is 0 Å². The maximum absolute atomic E-state index is 13.9. The first-order valence-electron chi connectivity index (χ1n) is 5.30. The lowest BCUT2D eigenvalue weighted by Gasteiger charge is -2.13. The first-order chi connectivity index (χ1) is 9.95. The predicted molar refractivity (Wildman–Crippen MR) is 67.6 cm³/mol. The Bertz CT molecular complexity index is 923. The van der Waals surface area contributed by atoms with E-state index in [2.05, 4.69) is 9.17 Å². The third-order valence-electron chi connectivity index (χ3n) is 2.62. The van der Waals surface area contributed by atoms with Crippen molar-refractivity contribution in [2.24, 2.45) is 7.05 Å². The highest BCUT2D eigenvalue weighted by atomic mass is 35.5. The molecule has 0 aliphatic carbocycles. The van der Waals surface area contributed by atoms with Crippen LogP contribution in [0.25, 0.3) is 10.9 Å². The highest BCUT2D eigenvalue weighted by Gasteiger charge is 2.48. The second-order valence-corrected chi connectivity index (χ2v) is 5.91. The summed E-state index contributed by atoms with van der Waals surface area (Å²) in [5, 5.41) is -1.10. The molecule has 0 saturated carbocycles. The van der Waals surface area contributed by atoms with Crippen LogP contribution >= 0.6 is 11.6 Å². The Labute approximate surface area is 125 Å². The van der Waals surface area contributed by atoms with Crippen LogP contribution in [-0.4, -0.2) is 23.5 Å². The van der Waals surface area contributed by atoms with Crippen LogP contribution in [0.15, 0.2) is 17.1 Å². The summed E-state index contributed by atoms with van der Waals surface area (Å²) >= 11 is 5.43. The second-order valence-electron chi connectivity index (χ2n) is 4.01. The van der Waals surface area contributed by atoms with Gasteiger partial charge in [0.2, 0.25) is 0 Å². The zero-order valence-corrected chi connectivity index (χ0v) is 12.1. The van der Waals surface area contributed by atoms with Gasteiger partial charge in [-0.15, -0.1) is 0 Å². The molecule has 0 saturated heterocycles. The molecule has 0 fully saturated rings. The van der Waals surface area contributed by atoms with Crippen molar-refractivity contribution in [3.8, 4) is 5.75 Å². The standard InChI is InChI=1S/C10H5ClF4N2O4S/c1-17-6(18)2-5(21-22(19,20)10(13,14)15)4-3-16-9(11)7(12)8(4)17/h2-3H,1H3. The van der Waals surface area contributed by atoms with E-state index in [4.69, 9.17) is 11.6 Å². The van der Waals surface area contributed by atoms with Gasteiger partial charge in [-0.25, -0.2) is 9.37 Å². The Balaban J connectivity index is 2.80. The van der Waals surface area contributed by atoms with Gasteiger partial charge >= 0.3 is 15.6 Å². The van der Waals surface area contributed by atoms with E-state index >= 15 is 0 Å². The van der Waals surface area contributed by atoms with E-state index in [9.17, 15) is 30.8 Å². The normalized spacial score (nSPS) is 12.6. The summed E-state index contributed by atoms with van der Waals surface area (Å²) < 4.78 is 77.6. The molecule has 0 radical (unpaired) electrons. The summed E-state index contributed by atoms with van der Waals surface area (Å²) in [6.45, 7) is 0. The average molecular weight is 361 g/mol. The summed E-state index contributed by atoms with van der Waals surface area (Å²) in [6, 6.07) is 0.473. The first-order valence-corrected chi connectivity index (χ1v) is 7.09. The SMILES string of the molecule is Cn1c(=O)cc(OS(=O)(=O)C(F)(F)F)c2cnc(Cl)c(F)c21. The average Bonchev–Trinajstić information content (AvgIpc) is 2.37. The lowest BCUT2D eigenvalue weighted by molar-refractivity contribution is -0.0499. The Morgan fingerprint density at radius 2 is 1.95 bits per heavy atom. The molecule has 0 aromatic carbocycles. The zero-order valence-electron chi connectivity index (χ0n) is 10.5. The van der Waals surface area contributed by atoms with Gasteiger partial charge < -0.3 is 8.75 Å². The van der Waals surface area contributed by atoms with E-state index in [0.29, 0.717) is 6.07 Å². The van der Waals surface area contributed by atoms with Gasteiger partial charge in [-0.2, -0.15) is 21.6 Å². The number of pyridine rings is 2. The molecule has 6 nitrogen and oxygen atoms in total. The molecule has 22 heavy (non-hydrogen) atoms. The fourth-order valence-corrected chi connectivity index (χ4v) is 2.20. The van der Waals surface area contributed by atoms with Crippen LogP contribution in [0.5, 0.6) is 5.75 Å². The molecule has 0 aliphatic heterocycles. The Morgan fingerprint density at radius 3 is 2.50 bits per heavy atom. The van der Waals surface area contributed by atoms with Crippen LogP contribution in [-0.2, 0) is 17.2 Å². The minimum atomic E-state index is -6.03. The molecular weight excluding hydrogens is 356 g/mol. The maximum Gasteiger partial charge on any atom is 0.534 e. The fraction of sp³-hybridized carbons (Fsp3) is 0.200. The number of rotatable bonds is 2. The largest absolute Gasteiger partial charge is 0.534 e. The van der Waals surface area contributed by atoms with E-state index in [1.54, 1.807) is 0 Å². The quantitative estimate of drug-likeness (QED) is 0.354. The van der Waals surface area contributed by atoms with Gasteiger partial charge in [-0.05, 0) is 0 Å². The van der Waals surface area contributed by atoms with Crippen LogP contribution in [0, 0.1) is 5.82 Å². The van der Waals surface area contributed by atoms with Gasteiger partial charge in [0.25, 0.3) is 5.56 Å². The highest BCUT2D eigenvalue weighted by Crippen LogP contribution is 2.32. The van der Waals surface area contributed by atoms with Crippen LogP contribution < -0.4 is 9.74 Å². The van der Waals surface area contributed by atoms with Gasteiger partial charge in [-0.1, -0.05) is 11.6 Å². The number of halogens is 5. The van der Waals surface area contributed by atoms with E-state index in [0.717, 1.165) is 17.8 Å². The lowest BCUT2D eigenvalue weighted by atomic mass is 10.2. The lowest BCUT2D eigenvalue weighted by Crippen LogP contribution is -2.29. The highest BCUT2D eigenvalue weighted by molar-refractivity contribution is 7.88. The predicted octanol–water partition coefficient (Wildman–Crippen LogP) is 1.95.